The van der Waals surface area contributed by atoms with Crippen molar-refractivity contribution in [3.8, 4) is 5.75 Å². The zero-order valence-corrected chi connectivity index (χ0v) is 16.5. The molecule has 0 aliphatic rings. The zero-order chi connectivity index (χ0) is 19.6. The molecule has 6 heteroatoms. The highest BCUT2D eigenvalue weighted by atomic mass is 35.5. The standard InChI is InChI=1S/C21H21ClN2O3/c1-12-8-13(2)10-16(9-12)26-11-17-15(4)27-24-20(17)21(25)23-19-7-5-6-18(22)14(19)3/h5-10H,11H2,1-4H3,(H,23,25). The van der Waals surface area contributed by atoms with Gasteiger partial charge in [-0.1, -0.05) is 28.9 Å². The summed E-state index contributed by atoms with van der Waals surface area (Å²) in [4.78, 5) is 12.7. The lowest BCUT2D eigenvalue weighted by Crippen LogP contribution is -2.16. The van der Waals surface area contributed by atoms with Crippen LogP contribution in [0, 0.1) is 27.7 Å². The zero-order valence-electron chi connectivity index (χ0n) is 15.7. The van der Waals surface area contributed by atoms with Crippen molar-refractivity contribution in [1.82, 2.24) is 5.16 Å². The van der Waals surface area contributed by atoms with Gasteiger partial charge in [0.05, 0.1) is 5.56 Å². The van der Waals surface area contributed by atoms with Gasteiger partial charge in [-0.2, -0.15) is 0 Å². The fraction of sp³-hybridized carbons (Fsp3) is 0.238. The molecule has 0 radical (unpaired) electrons. The first kappa shape index (κ1) is 19.0. The number of halogens is 1. The van der Waals surface area contributed by atoms with Crippen LogP contribution >= 0.6 is 11.6 Å². The minimum absolute atomic E-state index is 0.190. The Morgan fingerprint density at radius 1 is 1.15 bits per heavy atom. The van der Waals surface area contributed by atoms with Crippen LogP contribution in [0.2, 0.25) is 5.02 Å². The maximum absolute atomic E-state index is 12.7. The van der Waals surface area contributed by atoms with Gasteiger partial charge in [0.15, 0.2) is 5.69 Å². The number of benzene rings is 2. The lowest BCUT2D eigenvalue weighted by molar-refractivity contribution is 0.101. The number of ether oxygens (including phenoxy) is 1. The van der Waals surface area contributed by atoms with E-state index in [9.17, 15) is 4.79 Å². The van der Waals surface area contributed by atoms with Crippen LogP contribution in [-0.2, 0) is 6.61 Å². The summed E-state index contributed by atoms with van der Waals surface area (Å²) in [6, 6.07) is 11.3. The molecule has 0 atom stereocenters. The van der Waals surface area contributed by atoms with Gasteiger partial charge in [0.1, 0.15) is 18.1 Å². The van der Waals surface area contributed by atoms with E-state index in [0.29, 0.717) is 22.0 Å². The molecule has 0 fully saturated rings. The highest BCUT2D eigenvalue weighted by molar-refractivity contribution is 6.31. The van der Waals surface area contributed by atoms with E-state index in [2.05, 4.69) is 16.5 Å². The lowest BCUT2D eigenvalue weighted by atomic mass is 10.1. The average Bonchev–Trinajstić information content (AvgIpc) is 2.97. The van der Waals surface area contributed by atoms with Gasteiger partial charge in [0, 0.05) is 10.7 Å². The molecule has 27 heavy (non-hydrogen) atoms. The van der Waals surface area contributed by atoms with Gasteiger partial charge in [0.25, 0.3) is 5.91 Å². The summed E-state index contributed by atoms with van der Waals surface area (Å²) in [5.41, 5.74) is 4.47. The van der Waals surface area contributed by atoms with Crippen molar-refractivity contribution in [2.75, 3.05) is 5.32 Å². The number of hydrogen-bond acceptors (Lipinski definition) is 4. The molecule has 1 aromatic heterocycles. The van der Waals surface area contributed by atoms with Crippen LogP contribution in [0.1, 0.15) is 38.5 Å². The van der Waals surface area contributed by atoms with Gasteiger partial charge in [-0.15, -0.1) is 0 Å². The van der Waals surface area contributed by atoms with E-state index >= 15 is 0 Å². The third-order valence-corrected chi connectivity index (χ3v) is 4.70. The smallest absolute Gasteiger partial charge is 0.278 e. The number of anilines is 1. The van der Waals surface area contributed by atoms with Gasteiger partial charge in [-0.3, -0.25) is 4.79 Å². The largest absolute Gasteiger partial charge is 0.489 e. The molecule has 0 aliphatic heterocycles. The number of hydrogen-bond donors (Lipinski definition) is 1. The first-order chi connectivity index (χ1) is 12.8. The molecule has 0 spiro atoms. The van der Waals surface area contributed by atoms with Crippen molar-refractivity contribution in [2.24, 2.45) is 0 Å². The van der Waals surface area contributed by atoms with E-state index in [1.54, 1.807) is 25.1 Å². The topological polar surface area (TPSA) is 64.4 Å². The maximum Gasteiger partial charge on any atom is 0.278 e. The monoisotopic (exact) mass is 384 g/mol. The van der Waals surface area contributed by atoms with Crippen molar-refractivity contribution >= 4 is 23.2 Å². The summed E-state index contributed by atoms with van der Waals surface area (Å²) >= 11 is 6.12. The number of aryl methyl sites for hydroxylation is 3. The fourth-order valence-electron chi connectivity index (χ4n) is 2.84. The Balaban J connectivity index is 1.79. The third kappa shape index (κ3) is 4.31. The Bertz CT molecular complexity index is 975. The molecule has 140 valence electrons. The highest BCUT2D eigenvalue weighted by Gasteiger charge is 2.21. The van der Waals surface area contributed by atoms with Crippen molar-refractivity contribution in [3.63, 3.8) is 0 Å². The predicted octanol–water partition coefficient (Wildman–Crippen LogP) is 5.39. The number of carbonyl (C=O) groups excluding carboxylic acids is 1. The molecule has 3 rings (SSSR count). The van der Waals surface area contributed by atoms with Crippen molar-refractivity contribution in [2.45, 2.75) is 34.3 Å². The van der Waals surface area contributed by atoms with Crippen LogP contribution in [0.25, 0.3) is 0 Å². The lowest BCUT2D eigenvalue weighted by Gasteiger charge is -2.10. The maximum atomic E-state index is 12.7. The molecule has 0 saturated heterocycles. The van der Waals surface area contributed by atoms with Crippen molar-refractivity contribution in [1.29, 1.82) is 0 Å². The Morgan fingerprint density at radius 2 is 1.85 bits per heavy atom. The molecule has 0 unspecified atom stereocenters. The Kier molecular flexibility index (Phi) is 5.51. The Hall–Kier alpha value is -2.79. The fourth-order valence-corrected chi connectivity index (χ4v) is 3.01. The minimum Gasteiger partial charge on any atom is -0.489 e. The molecule has 1 heterocycles. The molecule has 5 nitrogen and oxygen atoms in total. The first-order valence-corrected chi connectivity index (χ1v) is 8.95. The predicted molar refractivity (Wildman–Crippen MR) is 106 cm³/mol. The summed E-state index contributed by atoms with van der Waals surface area (Å²) in [5.74, 6) is 0.925. The molecule has 1 amide bonds. The van der Waals surface area contributed by atoms with E-state index in [1.165, 1.54) is 0 Å². The van der Waals surface area contributed by atoms with E-state index < -0.39 is 0 Å². The number of nitrogens with one attached hydrogen (secondary N) is 1. The molecule has 2 aromatic carbocycles. The Labute approximate surface area is 163 Å². The summed E-state index contributed by atoms with van der Waals surface area (Å²) in [5, 5.41) is 7.33. The molecule has 3 aromatic rings. The van der Waals surface area contributed by atoms with E-state index in [4.69, 9.17) is 20.9 Å². The second-order valence-electron chi connectivity index (χ2n) is 6.54. The summed E-state index contributed by atoms with van der Waals surface area (Å²) in [7, 11) is 0. The second kappa shape index (κ2) is 7.84. The van der Waals surface area contributed by atoms with Crippen LogP contribution in [0.3, 0.4) is 0 Å². The summed E-state index contributed by atoms with van der Waals surface area (Å²) in [6.45, 7) is 7.81. The van der Waals surface area contributed by atoms with Gasteiger partial charge >= 0.3 is 0 Å². The molecule has 0 saturated carbocycles. The Morgan fingerprint density at radius 3 is 2.56 bits per heavy atom. The van der Waals surface area contributed by atoms with Gasteiger partial charge in [-0.05, 0) is 68.7 Å². The SMILES string of the molecule is Cc1cc(C)cc(OCc2c(C(=O)Nc3cccc(Cl)c3C)noc2C)c1. The van der Waals surface area contributed by atoms with E-state index in [1.807, 2.05) is 32.9 Å². The first-order valence-electron chi connectivity index (χ1n) is 8.58. The molecular weight excluding hydrogens is 364 g/mol. The van der Waals surface area contributed by atoms with Crippen molar-refractivity contribution in [3.05, 3.63) is 75.1 Å². The van der Waals surface area contributed by atoms with Gasteiger partial charge in [-0.25, -0.2) is 0 Å². The normalized spacial score (nSPS) is 10.7. The number of nitrogens with zero attached hydrogens (tertiary/aromatic N) is 1. The average molecular weight is 385 g/mol. The minimum atomic E-state index is -0.365. The van der Waals surface area contributed by atoms with E-state index in [-0.39, 0.29) is 18.2 Å². The summed E-state index contributed by atoms with van der Waals surface area (Å²) < 4.78 is 11.1. The van der Waals surface area contributed by atoms with Crippen molar-refractivity contribution < 1.29 is 14.1 Å². The molecule has 0 aliphatic carbocycles. The van der Waals surface area contributed by atoms with Crippen LogP contribution < -0.4 is 10.1 Å². The molecule has 0 bridgehead atoms. The van der Waals surface area contributed by atoms with Crippen LogP contribution in [0.5, 0.6) is 5.75 Å². The number of aromatic nitrogens is 1. The van der Waals surface area contributed by atoms with E-state index in [0.717, 1.165) is 22.4 Å². The summed E-state index contributed by atoms with van der Waals surface area (Å²) in [6.07, 6.45) is 0. The quantitative estimate of drug-likeness (QED) is 0.640. The third-order valence-electron chi connectivity index (χ3n) is 4.29. The van der Waals surface area contributed by atoms with Crippen LogP contribution in [0.4, 0.5) is 5.69 Å². The van der Waals surface area contributed by atoms with Crippen LogP contribution in [-0.4, -0.2) is 11.1 Å². The molecular formula is C21H21ClN2O3. The van der Waals surface area contributed by atoms with Gasteiger partial charge < -0.3 is 14.6 Å². The van der Waals surface area contributed by atoms with Crippen LogP contribution in [0.15, 0.2) is 40.9 Å². The highest BCUT2D eigenvalue weighted by Crippen LogP contribution is 2.25. The number of carbonyl (C=O) groups is 1. The van der Waals surface area contributed by atoms with Gasteiger partial charge in [0.2, 0.25) is 0 Å². The molecule has 1 N–H and O–H groups in total. The number of rotatable bonds is 5. The number of amides is 1. The second-order valence-corrected chi connectivity index (χ2v) is 6.95.